The van der Waals surface area contributed by atoms with Gasteiger partial charge in [-0.1, -0.05) is 17.7 Å². The van der Waals surface area contributed by atoms with Crippen LogP contribution in [0.5, 0.6) is 0 Å². The zero-order valence-electron chi connectivity index (χ0n) is 14.4. The SMILES string of the molecule is Cc1ccc(-c2nnc(-c3ccc(C(=O)N4CC[C@H](O)C4)cc3)o2)cc1. The maximum absolute atomic E-state index is 12.4. The molecule has 1 fully saturated rings. The van der Waals surface area contributed by atoms with E-state index in [1.165, 1.54) is 5.56 Å². The summed E-state index contributed by atoms with van der Waals surface area (Å²) in [4.78, 5) is 14.1. The summed E-state index contributed by atoms with van der Waals surface area (Å²) in [6, 6.07) is 15.0. The molecule has 6 nitrogen and oxygen atoms in total. The predicted molar refractivity (Wildman–Crippen MR) is 96.4 cm³/mol. The minimum Gasteiger partial charge on any atom is -0.416 e. The molecular weight excluding hydrogens is 330 g/mol. The van der Waals surface area contributed by atoms with E-state index in [9.17, 15) is 9.90 Å². The van der Waals surface area contributed by atoms with E-state index in [-0.39, 0.29) is 5.91 Å². The number of aliphatic hydroxyl groups is 1. The van der Waals surface area contributed by atoms with Gasteiger partial charge in [-0.25, -0.2) is 0 Å². The summed E-state index contributed by atoms with van der Waals surface area (Å²) < 4.78 is 5.76. The Hall–Kier alpha value is -2.99. The van der Waals surface area contributed by atoms with Gasteiger partial charge in [-0.2, -0.15) is 0 Å². The summed E-state index contributed by atoms with van der Waals surface area (Å²) in [5.41, 5.74) is 3.38. The highest BCUT2D eigenvalue weighted by Crippen LogP contribution is 2.25. The van der Waals surface area contributed by atoms with Crippen molar-refractivity contribution in [2.24, 2.45) is 0 Å². The molecular formula is C20H19N3O3. The van der Waals surface area contributed by atoms with E-state index in [1.807, 2.05) is 31.2 Å². The Morgan fingerprint density at radius 2 is 1.62 bits per heavy atom. The van der Waals surface area contributed by atoms with E-state index in [2.05, 4.69) is 10.2 Å². The first-order valence-electron chi connectivity index (χ1n) is 8.58. The van der Waals surface area contributed by atoms with Crippen molar-refractivity contribution in [3.63, 3.8) is 0 Å². The van der Waals surface area contributed by atoms with Crippen molar-refractivity contribution < 1.29 is 14.3 Å². The maximum Gasteiger partial charge on any atom is 0.253 e. The number of amides is 1. The fourth-order valence-electron chi connectivity index (χ4n) is 3.02. The average Bonchev–Trinajstić information content (AvgIpc) is 3.31. The summed E-state index contributed by atoms with van der Waals surface area (Å²) in [5.74, 6) is 0.807. The Labute approximate surface area is 151 Å². The minimum absolute atomic E-state index is 0.0704. The number of hydrogen-bond donors (Lipinski definition) is 1. The minimum atomic E-state index is -0.420. The third-order valence-corrected chi connectivity index (χ3v) is 4.55. The normalized spacial score (nSPS) is 16.8. The lowest BCUT2D eigenvalue weighted by Crippen LogP contribution is -2.29. The van der Waals surface area contributed by atoms with Crippen LogP contribution in [-0.4, -0.2) is 45.3 Å². The van der Waals surface area contributed by atoms with Crippen molar-refractivity contribution in [1.29, 1.82) is 0 Å². The zero-order valence-corrected chi connectivity index (χ0v) is 14.4. The predicted octanol–water partition coefficient (Wildman–Crippen LogP) is 2.92. The van der Waals surface area contributed by atoms with E-state index in [0.29, 0.717) is 36.9 Å². The molecule has 0 saturated carbocycles. The Bertz CT molecular complexity index is 916. The van der Waals surface area contributed by atoms with Gasteiger partial charge in [-0.3, -0.25) is 4.79 Å². The van der Waals surface area contributed by atoms with Gasteiger partial charge in [-0.05, 0) is 49.7 Å². The summed E-state index contributed by atoms with van der Waals surface area (Å²) in [6.07, 6.45) is 0.213. The van der Waals surface area contributed by atoms with Gasteiger partial charge in [0.1, 0.15) is 0 Å². The van der Waals surface area contributed by atoms with Crippen LogP contribution in [0.4, 0.5) is 0 Å². The Morgan fingerprint density at radius 3 is 2.15 bits per heavy atom. The van der Waals surface area contributed by atoms with E-state index >= 15 is 0 Å². The first-order chi connectivity index (χ1) is 12.6. The van der Waals surface area contributed by atoms with Crippen molar-refractivity contribution in [2.75, 3.05) is 13.1 Å². The van der Waals surface area contributed by atoms with Crippen LogP contribution in [0.15, 0.2) is 52.9 Å². The fraction of sp³-hybridized carbons (Fsp3) is 0.250. The second-order valence-corrected chi connectivity index (χ2v) is 6.55. The molecule has 0 aliphatic carbocycles. The van der Waals surface area contributed by atoms with Crippen molar-refractivity contribution >= 4 is 5.91 Å². The van der Waals surface area contributed by atoms with Crippen LogP contribution >= 0.6 is 0 Å². The molecule has 0 bridgehead atoms. The molecule has 1 N–H and O–H groups in total. The molecule has 132 valence electrons. The van der Waals surface area contributed by atoms with Crippen LogP contribution in [0.1, 0.15) is 22.3 Å². The van der Waals surface area contributed by atoms with Crippen LogP contribution in [-0.2, 0) is 0 Å². The number of rotatable bonds is 3. The molecule has 6 heteroatoms. The Kier molecular flexibility index (Phi) is 4.26. The lowest BCUT2D eigenvalue weighted by Gasteiger charge is -2.15. The summed E-state index contributed by atoms with van der Waals surface area (Å²) in [6.45, 7) is 3.00. The molecule has 1 aliphatic rings. The monoisotopic (exact) mass is 349 g/mol. The largest absolute Gasteiger partial charge is 0.416 e. The van der Waals surface area contributed by atoms with Crippen LogP contribution in [0.3, 0.4) is 0 Å². The van der Waals surface area contributed by atoms with Gasteiger partial charge in [0, 0.05) is 29.8 Å². The second-order valence-electron chi connectivity index (χ2n) is 6.55. The molecule has 0 unspecified atom stereocenters. The van der Waals surface area contributed by atoms with Crippen molar-refractivity contribution in [3.05, 3.63) is 59.7 Å². The highest BCUT2D eigenvalue weighted by atomic mass is 16.4. The average molecular weight is 349 g/mol. The van der Waals surface area contributed by atoms with Crippen molar-refractivity contribution in [2.45, 2.75) is 19.4 Å². The van der Waals surface area contributed by atoms with Gasteiger partial charge in [-0.15, -0.1) is 10.2 Å². The first kappa shape index (κ1) is 16.5. The molecule has 1 saturated heterocycles. The molecule has 4 rings (SSSR count). The molecule has 1 aliphatic heterocycles. The van der Waals surface area contributed by atoms with E-state index in [1.54, 1.807) is 29.2 Å². The lowest BCUT2D eigenvalue weighted by atomic mass is 10.1. The number of aryl methyl sites for hydroxylation is 1. The van der Waals surface area contributed by atoms with Gasteiger partial charge in [0.15, 0.2) is 0 Å². The second kappa shape index (κ2) is 6.72. The molecule has 2 heterocycles. The van der Waals surface area contributed by atoms with E-state index in [0.717, 1.165) is 11.1 Å². The number of nitrogens with zero attached hydrogens (tertiary/aromatic N) is 3. The quantitative estimate of drug-likeness (QED) is 0.786. The number of aliphatic hydroxyl groups excluding tert-OH is 1. The number of aromatic nitrogens is 2. The highest BCUT2D eigenvalue weighted by Gasteiger charge is 2.25. The summed E-state index contributed by atoms with van der Waals surface area (Å²) >= 11 is 0. The number of hydrogen-bond acceptors (Lipinski definition) is 5. The van der Waals surface area contributed by atoms with Gasteiger partial charge >= 0.3 is 0 Å². The zero-order chi connectivity index (χ0) is 18.1. The van der Waals surface area contributed by atoms with Crippen molar-refractivity contribution in [3.8, 4) is 22.9 Å². The number of likely N-dealkylation sites (tertiary alicyclic amines) is 1. The molecule has 1 amide bonds. The van der Waals surface area contributed by atoms with Gasteiger partial charge in [0.2, 0.25) is 11.8 Å². The van der Waals surface area contributed by atoms with Gasteiger partial charge < -0.3 is 14.4 Å². The lowest BCUT2D eigenvalue weighted by molar-refractivity contribution is 0.0765. The number of β-amino-alcohol motifs (C(OH)–C–C–N with tert-alkyl or cyclic N) is 1. The smallest absolute Gasteiger partial charge is 0.253 e. The van der Waals surface area contributed by atoms with Gasteiger partial charge in [0.25, 0.3) is 5.91 Å². The number of benzene rings is 2. The van der Waals surface area contributed by atoms with Crippen LogP contribution in [0.2, 0.25) is 0 Å². The topological polar surface area (TPSA) is 79.5 Å². The van der Waals surface area contributed by atoms with Crippen LogP contribution < -0.4 is 0 Å². The van der Waals surface area contributed by atoms with Crippen LogP contribution in [0.25, 0.3) is 22.9 Å². The maximum atomic E-state index is 12.4. The third-order valence-electron chi connectivity index (χ3n) is 4.55. The van der Waals surface area contributed by atoms with Gasteiger partial charge in [0.05, 0.1) is 6.10 Å². The molecule has 1 aromatic heterocycles. The van der Waals surface area contributed by atoms with E-state index in [4.69, 9.17) is 4.42 Å². The van der Waals surface area contributed by atoms with E-state index < -0.39 is 6.10 Å². The highest BCUT2D eigenvalue weighted by molar-refractivity contribution is 5.94. The summed E-state index contributed by atoms with van der Waals surface area (Å²) in [5, 5.41) is 17.8. The summed E-state index contributed by atoms with van der Waals surface area (Å²) in [7, 11) is 0. The third kappa shape index (κ3) is 3.23. The van der Waals surface area contributed by atoms with Crippen molar-refractivity contribution in [1.82, 2.24) is 15.1 Å². The Morgan fingerprint density at radius 1 is 1.04 bits per heavy atom. The standard InChI is InChI=1S/C20H19N3O3/c1-13-2-4-14(5-3-13)18-21-22-19(26-18)15-6-8-16(9-7-15)20(25)23-11-10-17(24)12-23/h2-9,17,24H,10-12H2,1H3/t17-/m0/s1. The molecule has 3 aromatic rings. The number of carbonyl (C=O) groups is 1. The molecule has 0 radical (unpaired) electrons. The van der Waals surface area contributed by atoms with Crippen LogP contribution in [0, 0.1) is 6.92 Å². The molecule has 0 spiro atoms. The Balaban J connectivity index is 1.52. The fourth-order valence-corrected chi connectivity index (χ4v) is 3.02. The molecule has 26 heavy (non-hydrogen) atoms. The number of carbonyl (C=O) groups excluding carboxylic acids is 1. The first-order valence-corrected chi connectivity index (χ1v) is 8.58. The molecule has 2 aromatic carbocycles. The molecule has 1 atom stereocenters.